The summed E-state index contributed by atoms with van der Waals surface area (Å²) in [4.78, 5) is 0. The van der Waals surface area contributed by atoms with Crippen molar-refractivity contribution >= 4 is 0 Å². The third kappa shape index (κ3) is 6.68. The van der Waals surface area contributed by atoms with E-state index >= 15 is 0 Å². The summed E-state index contributed by atoms with van der Waals surface area (Å²) >= 11 is 0. The predicted octanol–water partition coefficient (Wildman–Crippen LogP) is 1.56. The molecule has 0 aromatic carbocycles. The van der Waals surface area contributed by atoms with Gasteiger partial charge in [0.05, 0.1) is 25.4 Å². The van der Waals surface area contributed by atoms with Crippen LogP contribution in [0.15, 0.2) is 0 Å². The predicted molar refractivity (Wildman–Crippen MR) is 69.7 cm³/mol. The molecule has 0 bridgehead atoms. The lowest BCUT2D eigenvalue weighted by molar-refractivity contribution is -0.0275. The lowest BCUT2D eigenvalue weighted by Crippen LogP contribution is -2.33. The van der Waals surface area contributed by atoms with Crippen LogP contribution in [0.5, 0.6) is 0 Å². The Hall–Kier alpha value is -0.560. The van der Waals surface area contributed by atoms with E-state index in [0.717, 1.165) is 18.8 Å². The van der Waals surface area contributed by atoms with Crippen LogP contribution in [0.2, 0.25) is 0 Å². The molecular weight excluding hydrogens is 214 g/mol. The van der Waals surface area contributed by atoms with E-state index in [4.69, 9.17) is 4.74 Å². The molecule has 0 amide bonds. The maximum atomic E-state index is 9.70. The van der Waals surface area contributed by atoms with E-state index in [0.29, 0.717) is 25.8 Å². The first-order chi connectivity index (χ1) is 8.22. The van der Waals surface area contributed by atoms with E-state index in [2.05, 4.69) is 24.1 Å². The average Bonchev–Trinajstić information content (AvgIpc) is 2.34. The van der Waals surface area contributed by atoms with E-state index in [9.17, 15) is 5.11 Å². The Labute approximate surface area is 105 Å². The van der Waals surface area contributed by atoms with Crippen LogP contribution in [-0.4, -0.2) is 37.0 Å². The summed E-state index contributed by atoms with van der Waals surface area (Å²) in [6.45, 7) is 5.73. The summed E-state index contributed by atoms with van der Waals surface area (Å²) in [6.07, 6.45) is 4.73. The van der Waals surface area contributed by atoms with Gasteiger partial charge >= 0.3 is 0 Å². The van der Waals surface area contributed by atoms with Gasteiger partial charge in [-0.05, 0) is 38.5 Å². The van der Waals surface area contributed by atoms with E-state index in [-0.39, 0.29) is 0 Å². The molecule has 1 unspecified atom stereocenters. The minimum atomic E-state index is -0.423. The number of ether oxygens (including phenoxy) is 1. The third-order valence-electron chi connectivity index (χ3n) is 3.26. The maximum absolute atomic E-state index is 9.70. The Bertz CT molecular complexity index is 249. The summed E-state index contributed by atoms with van der Waals surface area (Å²) in [5.41, 5.74) is 0. The van der Waals surface area contributed by atoms with Crippen molar-refractivity contribution in [3.63, 3.8) is 0 Å². The number of hydrogen-bond acceptors (Lipinski definition) is 3. The van der Waals surface area contributed by atoms with Crippen LogP contribution >= 0.6 is 0 Å². The fourth-order valence-corrected chi connectivity index (χ4v) is 2.09. The highest BCUT2D eigenvalue weighted by atomic mass is 16.5. The van der Waals surface area contributed by atoms with Crippen molar-refractivity contribution in [1.82, 2.24) is 5.32 Å². The third-order valence-corrected chi connectivity index (χ3v) is 3.26. The van der Waals surface area contributed by atoms with Crippen molar-refractivity contribution in [2.24, 2.45) is 5.92 Å². The fourth-order valence-electron chi connectivity index (χ4n) is 2.09. The van der Waals surface area contributed by atoms with E-state index < -0.39 is 6.10 Å². The zero-order valence-corrected chi connectivity index (χ0v) is 11.0. The molecule has 0 spiro atoms. The van der Waals surface area contributed by atoms with E-state index in [1.807, 2.05) is 6.92 Å². The van der Waals surface area contributed by atoms with Gasteiger partial charge in [-0.2, -0.15) is 0 Å². The quantitative estimate of drug-likeness (QED) is 0.546. The van der Waals surface area contributed by atoms with Gasteiger partial charge in [-0.25, -0.2) is 0 Å². The zero-order chi connectivity index (χ0) is 12.5. The lowest BCUT2D eigenvalue weighted by Gasteiger charge is -2.27. The topological polar surface area (TPSA) is 41.5 Å². The molecule has 1 fully saturated rings. The van der Waals surface area contributed by atoms with Crippen LogP contribution in [0.25, 0.3) is 0 Å². The molecule has 0 heterocycles. The Morgan fingerprint density at radius 1 is 1.35 bits per heavy atom. The van der Waals surface area contributed by atoms with Crippen LogP contribution < -0.4 is 5.32 Å². The van der Waals surface area contributed by atoms with Gasteiger partial charge < -0.3 is 15.2 Å². The van der Waals surface area contributed by atoms with Gasteiger partial charge in [0, 0.05) is 6.54 Å². The van der Waals surface area contributed by atoms with Crippen LogP contribution in [0, 0.1) is 17.8 Å². The second kappa shape index (κ2) is 8.52. The first kappa shape index (κ1) is 14.5. The summed E-state index contributed by atoms with van der Waals surface area (Å²) in [6, 6.07) is 0. The summed E-state index contributed by atoms with van der Waals surface area (Å²) in [5.74, 6) is 6.55. The van der Waals surface area contributed by atoms with Crippen LogP contribution in [0.1, 0.15) is 39.5 Å². The molecule has 0 saturated heterocycles. The van der Waals surface area contributed by atoms with Crippen LogP contribution in [0.4, 0.5) is 0 Å². The van der Waals surface area contributed by atoms with Gasteiger partial charge in [0.2, 0.25) is 0 Å². The summed E-state index contributed by atoms with van der Waals surface area (Å²) in [7, 11) is 0. The van der Waals surface area contributed by atoms with Gasteiger partial charge in [0.25, 0.3) is 0 Å². The zero-order valence-electron chi connectivity index (χ0n) is 11.0. The number of aliphatic hydroxyl groups excluding tert-OH is 1. The van der Waals surface area contributed by atoms with E-state index in [1.165, 1.54) is 12.8 Å². The maximum Gasteiger partial charge on any atom is 0.0898 e. The largest absolute Gasteiger partial charge is 0.389 e. The number of hydrogen-bond donors (Lipinski definition) is 2. The first-order valence-corrected chi connectivity index (χ1v) is 6.62. The van der Waals surface area contributed by atoms with Gasteiger partial charge in [-0.15, -0.1) is 5.92 Å². The van der Waals surface area contributed by atoms with Crippen molar-refractivity contribution in [3.05, 3.63) is 0 Å². The van der Waals surface area contributed by atoms with Crippen molar-refractivity contribution in [3.8, 4) is 11.8 Å². The van der Waals surface area contributed by atoms with Crippen molar-refractivity contribution in [1.29, 1.82) is 0 Å². The van der Waals surface area contributed by atoms with Crippen LogP contribution in [0.3, 0.4) is 0 Å². The molecular formula is C14H25NO2. The second-order valence-electron chi connectivity index (χ2n) is 4.93. The normalized spacial score (nSPS) is 26.1. The second-order valence-corrected chi connectivity index (χ2v) is 4.93. The molecule has 2 N–H and O–H groups in total. The van der Waals surface area contributed by atoms with Gasteiger partial charge in [-0.1, -0.05) is 12.8 Å². The highest BCUT2D eigenvalue weighted by Gasteiger charge is 2.19. The Morgan fingerprint density at radius 2 is 2.06 bits per heavy atom. The molecule has 98 valence electrons. The Morgan fingerprint density at radius 3 is 2.71 bits per heavy atom. The monoisotopic (exact) mass is 239 g/mol. The standard InChI is InChI=1S/C14H25NO2/c1-3-4-9-15-10-13(16)11-17-14-7-5-12(2)6-8-14/h12-16H,5-11H2,1-2H3. The first-order valence-electron chi connectivity index (χ1n) is 6.62. The number of nitrogens with one attached hydrogen (secondary N) is 1. The molecule has 1 atom stereocenters. The molecule has 17 heavy (non-hydrogen) atoms. The van der Waals surface area contributed by atoms with E-state index in [1.54, 1.807) is 0 Å². The van der Waals surface area contributed by atoms with Gasteiger partial charge in [0.15, 0.2) is 0 Å². The van der Waals surface area contributed by atoms with Gasteiger partial charge in [0.1, 0.15) is 0 Å². The van der Waals surface area contributed by atoms with Crippen molar-refractivity contribution in [2.75, 3.05) is 19.7 Å². The number of aliphatic hydroxyl groups is 1. The highest BCUT2D eigenvalue weighted by Crippen LogP contribution is 2.25. The summed E-state index contributed by atoms with van der Waals surface area (Å²) < 4.78 is 5.72. The number of rotatable bonds is 6. The molecule has 0 aromatic rings. The molecule has 1 saturated carbocycles. The molecule has 0 aliphatic heterocycles. The molecule has 1 rings (SSSR count). The molecule has 3 heteroatoms. The highest BCUT2D eigenvalue weighted by molar-refractivity contribution is 4.96. The molecule has 0 aromatic heterocycles. The Balaban J connectivity index is 2.02. The fraction of sp³-hybridized carbons (Fsp3) is 0.857. The van der Waals surface area contributed by atoms with Crippen molar-refractivity contribution in [2.45, 2.75) is 51.7 Å². The molecule has 1 aliphatic carbocycles. The van der Waals surface area contributed by atoms with Gasteiger partial charge in [-0.3, -0.25) is 0 Å². The average molecular weight is 239 g/mol. The summed E-state index contributed by atoms with van der Waals surface area (Å²) in [5, 5.41) is 12.8. The SMILES string of the molecule is CC#CCNCC(O)COC1CCC(C)CC1. The minimum Gasteiger partial charge on any atom is -0.389 e. The molecule has 1 aliphatic rings. The minimum absolute atomic E-state index is 0.358. The van der Waals surface area contributed by atoms with Crippen LogP contribution in [-0.2, 0) is 4.74 Å². The molecule has 3 nitrogen and oxygen atoms in total. The molecule has 0 radical (unpaired) electrons. The smallest absolute Gasteiger partial charge is 0.0898 e. The lowest BCUT2D eigenvalue weighted by atomic mass is 9.89. The van der Waals surface area contributed by atoms with Crippen molar-refractivity contribution < 1.29 is 9.84 Å². The Kier molecular flexibility index (Phi) is 7.27.